The molecule has 0 aromatic rings. The molecule has 0 saturated heterocycles. The maximum absolute atomic E-state index is 11.6. The molecule has 1 atom stereocenters. The summed E-state index contributed by atoms with van der Waals surface area (Å²) < 4.78 is 0. The molecule has 0 radical (unpaired) electrons. The quantitative estimate of drug-likeness (QED) is 0.558. The summed E-state index contributed by atoms with van der Waals surface area (Å²) in [5, 5.41) is 6.06. The lowest BCUT2D eigenvalue weighted by Gasteiger charge is -2.16. The third-order valence-corrected chi connectivity index (χ3v) is 3.04. The molecule has 0 aromatic carbocycles. The van der Waals surface area contributed by atoms with Crippen LogP contribution in [0, 0.1) is 12.3 Å². The van der Waals surface area contributed by atoms with Crippen molar-refractivity contribution in [2.24, 2.45) is 0 Å². The molecule has 0 spiro atoms. The van der Waals surface area contributed by atoms with E-state index in [-0.39, 0.29) is 11.9 Å². The van der Waals surface area contributed by atoms with E-state index >= 15 is 0 Å². The van der Waals surface area contributed by atoms with E-state index in [1.807, 2.05) is 6.92 Å². The van der Waals surface area contributed by atoms with Gasteiger partial charge in [-0.1, -0.05) is 31.6 Å². The van der Waals surface area contributed by atoms with Crippen LogP contribution in [0.4, 0.5) is 0 Å². The third-order valence-electron chi connectivity index (χ3n) is 3.04. The van der Waals surface area contributed by atoms with Crippen molar-refractivity contribution in [2.45, 2.75) is 57.5 Å². The minimum absolute atomic E-state index is 0.0418. The van der Waals surface area contributed by atoms with Crippen molar-refractivity contribution >= 4 is 5.91 Å². The smallest absolute Gasteiger partial charge is 0.234 e. The summed E-state index contributed by atoms with van der Waals surface area (Å²) in [6, 6.07) is 0.331. The van der Waals surface area contributed by atoms with Crippen LogP contribution in [0.2, 0.25) is 0 Å². The standard InChI is InChI=1S/C13H22N2O/c1-3-11(2)14-10-13(16)15-12-8-6-4-5-7-9-12/h1,11-12,14H,4-10H2,2H3,(H,15,16). The van der Waals surface area contributed by atoms with Crippen molar-refractivity contribution < 1.29 is 4.79 Å². The number of terminal acetylenes is 1. The van der Waals surface area contributed by atoms with Crippen LogP contribution in [-0.2, 0) is 4.79 Å². The molecule has 0 aromatic heterocycles. The van der Waals surface area contributed by atoms with Crippen LogP contribution >= 0.6 is 0 Å². The lowest BCUT2D eigenvalue weighted by atomic mass is 10.1. The van der Waals surface area contributed by atoms with Gasteiger partial charge in [0.15, 0.2) is 0 Å². The summed E-state index contributed by atoms with van der Waals surface area (Å²) in [6.07, 6.45) is 12.5. The maximum Gasteiger partial charge on any atom is 0.234 e. The highest BCUT2D eigenvalue weighted by molar-refractivity contribution is 5.78. The summed E-state index contributed by atoms with van der Waals surface area (Å²) in [5.41, 5.74) is 0. The molecule has 1 aliphatic carbocycles. The first-order valence-electron chi connectivity index (χ1n) is 6.21. The fourth-order valence-corrected chi connectivity index (χ4v) is 2.01. The second-order valence-corrected chi connectivity index (χ2v) is 4.53. The molecule has 0 bridgehead atoms. The number of carbonyl (C=O) groups is 1. The lowest BCUT2D eigenvalue weighted by molar-refractivity contribution is -0.121. The van der Waals surface area contributed by atoms with Crippen LogP contribution in [0.15, 0.2) is 0 Å². The lowest BCUT2D eigenvalue weighted by Crippen LogP contribution is -2.42. The highest BCUT2D eigenvalue weighted by Gasteiger charge is 2.14. The Morgan fingerprint density at radius 2 is 2.00 bits per heavy atom. The molecule has 1 fully saturated rings. The Morgan fingerprint density at radius 1 is 1.38 bits per heavy atom. The van der Waals surface area contributed by atoms with Gasteiger partial charge in [0.05, 0.1) is 12.6 Å². The van der Waals surface area contributed by atoms with Crippen LogP contribution in [0.1, 0.15) is 45.4 Å². The van der Waals surface area contributed by atoms with Crippen LogP contribution in [0.25, 0.3) is 0 Å². The minimum Gasteiger partial charge on any atom is -0.352 e. The molecular formula is C13H22N2O. The number of hydrogen-bond donors (Lipinski definition) is 2. The Kier molecular flexibility index (Phi) is 5.95. The zero-order chi connectivity index (χ0) is 11.8. The van der Waals surface area contributed by atoms with E-state index in [2.05, 4.69) is 16.6 Å². The molecular weight excluding hydrogens is 200 g/mol. The first-order chi connectivity index (χ1) is 7.72. The highest BCUT2D eigenvalue weighted by Crippen LogP contribution is 2.16. The molecule has 1 aliphatic rings. The second kappa shape index (κ2) is 7.29. The first-order valence-corrected chi connectivity index (χ1v) is 6.21. The molecule has 0 heterocycles. The fourth-order valence-electron chi connectivity index (χ4n) is 2.01. The van der Waals surface area contributed by atoms with Gasteiger partial charge in [-0.15, -0.1) is 6.42 Å². The predicted molar refractivity (Wildman–Crippen MR) is 65.9 cm³/mol. The van der Waals surface area contributed by atoms with Crippen molar-refractivity contribution in [3.05, 3.63) is 0 Å². The number of nitrogens with one attached hydrogen (secondary N) is 2. The van der Waals surface area contributed by atoms with E-state index < -0.39 is 0 Å². The average Bonchev–Trinajstić information content (AvgIpc) is 2.54. The monoisotopic (exact) mass is 222 g/mol. The predicted octanol–water partition coefficient (Wildman–Crippen LogP) is 1.44. The summed E-state index contributed by atoms with van der Waals surface area (Å²) in [7, 11) is 0. The van der Waals surface area contributed by atoms with Gasteiger partial charge in [-0.05, 0) is 19.8 Å². The number of carbonyl (C=O) groups excluding carboxylic acids is 1. The van der Waals surface area contributed by atoms with E-state index in [9.17, 15) is 4.79 Å². The normalized spacial score (nSPS) is 19.5. The molecule has 90 valence electrons. The number of rotatable bonds is 4. The Labute approximate surface area is 98.4 Å². The minimum atomic E-state index is -0.0418. The topological polar surface area (TPSA) is 41.1 Å². The molecule has 1 saturated carbocycles. The molecule has 0 aliphatic heterocycles. The zero-order valence-corrected chi connectivity index (χ0v) is 10.1. The molecule has 1 rings (SSSR count). The average molecular weight is 222 g/mol. The summed E-state index contributed by atoms with van der Waals surface area (Å²) in [4.78, 5) is 11.6. The Balaban J connectivity index is 2.20. The van der Waals surface area contributed by atoms with E-state index in [0.29, 0.717) is 12.6 Å². The number of amides is 1. The molecule has 3 heteroatoms. The highest BCUT2D eigenvalue weighted by atomic mass is 16.1. The molecule has 1 amide bonds. The van der Waals surface area contributed by atoms with Crippen molar-refractivity contribution in [1.82, 2.24) is 10.6 Å². The summed E-state index contributed by atoms with van der Waals surface area (Å²) >= 11 is 0. The summed E-state index contributed by atoms with van der Waals surface area (Å²) in [5.74, 6) is 2.61. The van der Waals surface area contributed by atoms with Gasteiger partial charge in [0.2, 0.25) is 5.91 Å². The first kappa shape index (κ1) is 13.1. The van der Waals surface area contributed by atoms with Crippen LogP contribution in [0.3, 0.4) is 0 Å². The number of hydrogen-bond acceptors (Lipinski definition) is 2. The van der Waals surface area contributed by atoms with Gasteiger partial charge in [0.1, 0.15) is 0 Å². The SMILES string of the molecule is C#CC(C)NCC(=O)NC1CCCCCC1. The van der Waals surface area contributed by atoms with Crippen molar-refractivity contribution in [1.29, 1.82) is 0 Å². The van der Waals surface area contributed by atoms with Crippen LogP contribution < -0.4 is 10.6 Å². The van der Waals surface area contributed by atoms with Crippen molar-refractivity contribution in [2.75, 3.05) is 6.54 Å². The van der Waals surface area contributed by atoms with Gasteiger partial charge in [-0.25, -0.2) is 0 Å². The molecule has 16 heavy (non-hydrogen) atoms. The molecule has 1 unspecified atom stereocenters. The second-order valence-electron chi connectivity index (χ2n) is 4.53. The van der Waals surface area contributed by atoms with Crippen molar-refractivity contribution in [3.8, 4) is 12.3 Å². The van der Waals surface area contributed by atoms with Gasteiger partial charge < -0.3 is 5.32 Å². The van der Waals surface area contributed by atoms with Crippen molar-refractivity contribution in [3.63, 3.8) is 0 Å². The Hall–Kier alpha value is -1.01. The van der Waals surface area contributed by atoms with Gasteiger partial charge in [0, 0.05) is 6.04 Å². The van der Waals surface area contributed by atoms with E-state index in [1.54, 1.807) is 0 Å². The summed E-state index contributed by atoms with van der Waals surface area (Å²) in [6.45, 7) is 2.20. The van der Waals surface area contributed by atoms with E-state index in [0.717, 1.165) is 12.8 Å². The molecule has 2 N–H and O–H groups in total. The maximum atomic E-state index is 11.6. The van der Waals surface area contributed by atoms with E-state index in [1.165, 1.54) is 25.7 Å². The van der Waals surface area contributed by atoms with Gasteiger partial charge in [-0.2, -0.15) is 0 Å². The van der Waals surface area contributed by atoms with Crippen LogP contribution in [0.5, 0.6) is 0 Å². The van der Waals surface area contributed by atoms with Gasteiger partial charge in [-0.3, -0.25) is 10.1 Å². The Bertz CT molecular complexity index is 249. The van der Waals surface area contributed by atoms with Gasteiger partial charge in [0.25, 0.3) is 0 Å². The zero-order valence-electron chi connectivity index (χ0n) is 10.1. The largest absolute Gasteiger partial charge is 0.352 e. The van der Waals surface area contributed by atoms with Crippen LogP contribution in [-0.4, -0.2) is 24.5 Å². The van der Waals surface area contributed by atoms with Gasteiger partial charge >= 0.3 is 0 Å². The molecule has 3 nitrogen and oxygen atoms in total. The fraction of sp³-hybridized carbons (Fsp3) is 0.769. The Morgan fingerprint density at radius 3 is 2.56 bits per heavy atom. The third kappa shape index (κ3) is 5.18. The van der Waals surface area contributed by atoms with E-state index in [4.69, 9.17) is 6.42 Å².